The molecular formula is C21H14Cl2O4. The average Bonchev–Trinajstić information content (AvgIpc) is 3.13. The Morgan fingerprint density at radius 3 is 2.67 bits per heavy atom. The minimum absolute atomic E-state index is 0.307. The van der Waals surface area contributed by atoms with E-state index in [1.54, 1.807) is 36.4 Å². The molecule has 0 N–H and O–H groups in total. The summed E-state index contributed by atoms with van der Waals surface area (Å²) in [6.07, 6.45) is 5.45. The predicted molar refractivity (Wildman–Crippen MR) is 106 cm³/mol. The second kappa shape index (κ2) is 7.22. The molecule has 0 aliphatic heterocycles. The first-order chi connectivity index (χ1) is 13.0. The Kier molecular flexibility index (Phi) is 4.77. The van der Waals surface area contributed by atoms with E-state index in [4.69, 9.17) is 32.4 Å². The van der Waals surface area contributed by atoms with Crippen molar-refractivity contribution in [3.63, 3.8) is 0 Å². The summed E-state index contributed by atoms with van der Waals surface area (Å²) in [4.78, 5) is 24.1. The number of fused-ring (bicyclic) bond motifs is 3. The molecule has 27 heavy (non-hydrogen) atoms. The molecule has 0 saturated heterocycles. The van der Waals surface area contributed by atoms with Crippen LogP contribution in [0.3, 0.4) is 0 Å². The van der Waals surface area contributed by atoms with Crippen LogP contribution in [-0.2, 0) is 17.6 Å². The highest BCUT2D eigenvalue weighted by Crippen LogP contribution is 2.29. The normalized spacial score (nSPS) is 13.3. The number of ether oxygens (including phenoxy) is 1. The van der Waals surface area contributed by atoms with Gasteiger partial charge in [-0.2, -0.15) is 0 Å². The minimum Gasteiger partial charge on any atom is -0.423 e. The SMILES string of the molecule is O=C(/C=C/c1ccc(Cl)c(Cl)c1)Oc1ccc2c3c(c(=O)oc2c1)CCC3. The van der Waals surface area contributed by atoms with Crippen LogP contribution in [0.1, 0.15) is 23.1 Å². The van der Waals surface area contributed by atoms with Crippen LogP contribution < -0.4 is 10.4 Å². The molecule has 4 nitrogen and oxygen atoms in total. The van der Waals surface area contributed by atoms with Crippen LogP contribution in [-0.4, -0.2) is 5.97 Å². The predicted octanol–water partition coefficient (Wildman–Crippen LogP) is 5.21. The van der Waals surface area contributed by atoms with E-state index < -0.39 is 5.97 Å². The largest absolute Gasteiger partial charge is 0.423 e. The zero-order valence-electron chi connectivity index (χ0n) is 14.1. The Balaban J connectivity index is 1.55. The maximum atomic E-state index is 12.1. The van der Waals surface area contributed by atoms with E-state index in [1.807, 2.05) is 6.07 Å². The Bertz CT molecular complexity index is 1140. The zero-order chi connectivity index (χ0) is 19.0. The fourth-order valence-electron chi connectivity index (χ4n) is 3.26. The average molecular weight is 401 g/mol. The van der Waals surface area contributed by atoms with Gasteiger partial charge in [0.15, 0.2) is 0 Å². The van der Waals surface area contributed by atoms with Gasteiger partial charge in [-0.1, -0.05) is 29.3 Å². The minimum atomic E-state index is -0.552. The molecule has 3 aromatic rings. The van der Waals surface area contributed by atoms with Crippen molar-refractivity contribution >= 4 is 46.2 Å². The maximum Gasteiger partial charge on any atom is 0.339 e. The number of hydrogen-bond acceptors (Lipinski definition) is 4. The number of halogens is 2. The Labute approximate surface area is 165 Å². The first-order valence-corrected chi connectivity index (χ1v) is 9.20. The number of carbonyl (C=O) groups is 1. The molecule has 0 unspecified atom stereocenters. The maximum absolute atomic E-state index is 12.1. The zero-order valence-corrected chi connectivity index (χ0v) is 15.6. The van der Waals surface area contributed by atoms with Gasteiger partial charge in [0.1, 0.15) is 11.3 Å². The van der Waals surface area contributed by atoms with E-state index in [2.05, 4.69) is 0 Å². The molecule has 0 atom stereocenters. The molecule has 1 aromatic heterocycles. The number of benzene rings is 2. The lowest BCUT2D eigenvalue weighted by atomic mass is 10.1. The van der Waals surface area contributed by atoms with Crippen LogP contribution in [0.15, 0.2) is 51.7 Å². The van der Waals surface area contributed by atoms with E-state index in [9.17, 15) is 9.59 Å². The lowest BCUT2D eigenvalue weighted by Gasteiger charge is -2.06. The van der Waals surface area contributed by atoms with Gasteiger partial charge in [-0.05, 0) is 60.7 Å². The number of esters is 1. The van der Waals surface area contributed by atoms with Crippen molar-refractivity contribution in [1.82, 2.24) is 0 Å². The molecule has 0 saturated carbocycles. The van der Waals surface area contributed by atoms with Crippen LogP contribution in [0.2, 0.25) is 10.0 Å². The summed E-state index contributed by atoms with van der Waals surface area (Å²) in [5.41, 5.74) is 2.65. The summed E-state index contributed by atoms with van der Waals surface area (Å²) in [5.74, 6) is -0.240. The Morgan fingerprint density at radius 1 is 1.04 bits per heavy atom. The van der Waals surface area contributed by atoms with Crippen molar-refractivity contribution in [3.05, 3.63) is 79.6 Å². The summed E-state index contributed by atoms with van der Waals surface area (Å²) in [7, 11) is 0. The molecule has 1 aliphatic rings. The van der Waals surface area contributed by atoms with Crippen LogP contribution in [0.5, 0.6) is 5.75 Å². The van der Waals surface area contributed by atoms with Gasteiger partial charge >= 0.3 is 11.6 Å². The second-order valence-corrected chi connectivity index (χ2v) is 7.10. The van der Waals surface area contributed by atoms with Crippen LogP contribution >= 0.6 is 23.2 Å². The van der Waals surface area contributed by atoms with Gasteiger partial charge < -0.3 is 9.15 Å². The lowest BCUT2D eigenvalue weighted by molar-refractivity contribution is -0.128. The summed E-state index contributed by atoms with van der Waals surface area (Å²) < 4.78 is 10.7. The van der Waals surface area contributed by atoms with Crippen molar-refractivity contribution in [1.29, 1.82) is 0 Å². The number of hydrogen-bond donors (Lipinski definition) is 0. The molecule has 4 rings (SSSR count). The van der Waals surface area contributed by atoms with E-state index in [0.29, 0.717) is 21.4 Å². The van der Waals surface area contributed by atoms with Gasteiger partial charge in [0.2, 0.25) is 0 Å². The fourth-order valence-corrected chi connectivity index (χ4v) is 3.56. The van der Waals surface area contributed by atoms with Crippen LogP contribution in [0.4, 0.5) is 0 Å². The van der Waals surface area contributed by atoms with Gasteiger partial charge in [0.05, 0.1) is 10.0 Å². The highest BCUT2D eigenvalue weighted by molar-refractivity contribution is 6.42. The molecule has 0 fully saturated rings. The highest BCUT2D eigenvalue weighted by atomic mass is 35.5. The molecule has 136 valence electrons. The van der Waals surface area contributed by atoms with Gasteiger partial charge in [0.25, 0.3) is 0 Å². The third kappa shape index (κ3) is 3.64. The second-order valence-electron chi connectivity index (χ2n) is 6.29. The fraction of sp³-hybridized carbons (Fsp3) is 0.143. The smallest absolute Gasteiger partial charge is 0.339 e. The van der Waals surface area contributed by atoms with Crippen molar-refractivity contribution in [2.75, 3.05) is 0 Å². The monoisotopic (exact) mass is 400 g/mol. The molecule has 0 radical (unpaired) electrons. The number of aryl methyl sites for hydroxylation is 1. The molecule has 6 heteroatoms. The summed E-state index contributed by atoms with van der Waals surface area (Å²) >= 11 is 11.8. The molecule has 1 heterocycles. The first-order valence-electron chi connectivity index (χ1n) is 8.45. The van der Waals surface area contributed by atoms with Gasteiger partial charge in [0, 0.05) is 23.1 Å². The molecule has 0 amide bonds. The number of rotatable bonds is 3. The van der Waals surface area contributed by atoms with E-state index >= 15 is 0 Å². The number of carbonyl (C=O) groups excluding carboxylic acids is 1. The Morgan fingerprint density at radius 2 is 1.85 bits per heavy atom. The lowest BCUT2D eigenvalue weighted by Crippen LogP contribution is -2.07. The van der Waals surface area contributed by atoms with Gasteiger partial charge in [-0.15, -0.1) is 0 Å². The Hall–Kier alpha value is -2.56. The quantitative estimate of drug-likeness (QED) is 0.262. The van der Waals surface area contributed by atoms with E-state index in [1.165, 1.54) is 6.08 Å². The van der Waals surface area contributed by atoms with E-state index in [0.717, 1.165) is 41.3 Å². The van der Waals surface area contributed by atoms with Crippen molar-refractivity contribution in [2.45, 2.75) is 19.3 Å². The van der Waals surface area contributed by atoms with Crippen LogP contribution in [0, 0.1) is 0 Å². The van der Waals surface area contributed by atoms with E-state index in [-0.39, 0.29) is 5.63 Å². The summed E-state index contributed by atoms with van der Waals surface area (Å²) in [6.45, 7) is 0. The molecule has 0 bridgehead atoms. The van der Waals surface area contributed by atoms with Gasteiger partial charge in [-0.25, -0.2) is 9.59 Å². The topological polar surface area (TPSA) is 56.5 Å². The third-order valence-corrected chi connectivity index (χ3v) is 5.26. The van der Waals surface area contributed by atoms with Crippen LogP contribution in [0.25, 0.3) is 17.0 Å². The molecule has 2 aromatic carbocycles. The van der Waals surface area contributed by atoms with Crippen molar-refractivity contribution < 1.29 is 13.9 Å². The van der Waals surface area contributed by atoms with Crippen molar-refractivity contribution in [2.24, 2.45) is 0 Å². The molecule has 0 spiro atoms. The van der Waals surface area contributed by atoms with Crippen molar-refractivity contribution in [3.8, 4) is 5.75 Å². The molecule has 1 aliphatic carbocycles. The molecular weight excluding hydrogens is 387 g/mol. The standard InChI is InChI=1S/C21H14Cl2O4/c22-17-8-4-12(10-18(17)23)5-9-20(24)26-13-6-7-15-14-2-1-3-16(14)21(25)27-19(15)11-13/h4-11H,1-3H2/b9-5+. The third-order valence-electron chi connectivity index (χ3n) is 4.52. The summed E-state index contributed by atoms with van der Waals surface area (Å²) in [5, 5.41) is 1.75. The summed E-state index contributed by atoms with van der Waals surface area (Å²) in [6, 6.07) is 10.1. The van der Waals surface area contributed by atoms with Gasteiger partial charge in [-0.3, -0.25) is 0 Å². The highest BCUT2D eigenvalue weighted by Gasteiger charge is 2.19. The first kappa shape index (κ1) is 17.8.